The van der Waals surface area contributed by atoms with Crippen molar-refractivity contribution in [2.75, 3.05) is 0 Å². The molecule has 12 nitrogen and oxygen atoms in total. The zero-order chi connectivity index (χ0) is 22.4. The summed E-state index contributed by atoms with van der Waals surface area (Å²) in [6, 6.07) is -0.596. The van der Waals surface area contributed by atoms with E-state index < -0.39 is 47.3 Å². The maximum Gasteiger partial charge on any atom is 0.371 e. The monoisotopic (exact) mass is 420 g/mol. The number of rotatable bonds is 8. The minimum atomic E-state index is -1.49. The van der Waals surface area contributed by atoms with Crippen LogP contribution in [0.25, 0.3) is 0 Å². The van der Waals surface area contributed by atoms with E-state index in [4.69, 9.17) is 15.3 Å². The molecule has 30 heavy (non-hydrogen) atoms. The van der Waals surface area contributed by atoms with Gasteiger partial charge in [-0.15, -0.1) is 0 Å². The Labute approximate surface area is 167 Å². The van der Waals surface area contributed by atoms with Gasteiger partial charge in [0.05, 0.1) is 0 Å². The average molecular weight is 420 g/mol. The molecule has 0 spiro atoms. The quantitative estimate of drug-likeness (QED) is 0.347. The second kappa shape index (κ2) is 9.32. The summed E-state index contributed by atoms with van der Waals surface area (Å²) in [4.78, 5) is 59.9. The predicted octanol–water partition coefficient (Wildman–Crippen LogP) is -0.254. The van der Waals surface area contributed by atoms with Crippen molar-refractivity contribution < 1.29 is 44.0 Å². The molecule has 0 aliphatic carbocycles. The molecule has 0 amide bonds. The van der Waals surface area contributed by atoms with E-state index >= 15 is 0 Å². The van der Waals surface area contributed by atoms with Crippen LogP contribution in [-0.4, -0.2) is 62.6 Å². The SMILES string of the molecule is O=C(O)C1=CC(=CC=NC(Cc2cc(C(=O)O)oc(=O)c2)C(=O)O)CC(C(=O)O)N1. The van der Waals surface area contributed by atoms with Gasteiger partial charge in [-0.1, -0.05) is 0 Å². The van der Waals surface area contributed by atoms with Crippen molar-refractivity contribution in [2.24, 2.45) is 4.99 Å². The number of carboxylic acids is 4. The molecule has 0 aromatic carbocycles. The van der Waals surface area contributed by atoms with Gasteiger partial charge in [-0.25, -0.2) is 24.0 Å². The van der Waals surface area contributed by atoms with Crippen molar-refractivity contribution in [1.29, 1.82) is 0 Å². The van der Waals surface area contributed by atoms with E-state index in [-0.39, 0.29) is 24.1 Å². The van der Waals surface area contributed by atoms with Crippen LogP contribution >= 0.6 is 0 Å². The molecule has 0 fully saturated rings. The molecular weight excluding hydrogens is 404 g/mol. The van der Waals surface area contributed by atoms with Crippen molar-refractivity contribution in [3.63, 3.8) is 0 Å². The number of hydrogen-bond acceptors (Lipinski definition) is 8. The Morgan fingerprint density at radius 3 is 2.43 bits per heavy atom. The summed E-state index contributed by atoms with van der Waals surface area (Å²) < 4.78 is 4.48. The average Bonchev–Trinajstić information content (AvgIpc) is 2.66. The summed E-state index contributed by atoms with van der Waals surface area (Å²) in [6.45, 7) is 0. The van der Waals surface area contributed by atoms with E-state index in [0.717, 1.165) is 18.3 Å². The second-order valence-corrected chi connectivity index (χ2v) is 6.15. The van der Waals surface area contributed by atoms with E-state index in [1.54, 1.807) is 0 Å². The third-order valence-corrected chi connectivity index (χ3v) is 3.94. The highest BCUT2D eigenvalue weighted by Gasteiger charge is 2.26. The molecule has 158 valence electrons. The fraction of sp³-hybridized carbons (Fsp3) is 0.222. The standard InChI is InChI=1S/C18H16N2O10/c21-14-7-9(6-13(30-14)18(28)29)5-10(15(22)23)19-2-1-8-3-11(16(24)25)20-12(4-8)17(26)27/h1-3,6-7,10,12,20H,4-5H2,(H,22,23)(H,24,25)(H,26,27)(H,28,29). The van der Waals surface area contributed by atoms with Gasteiger partial charge >= 0.3 is 29.5 Å². The van der Waals surface area contributed by atoms with Crippen molar-refractivity contribution in [3.05, 3.63) is 57.3 Å². The molecule has 5 N–H and O–H groups in total. The van der Waals surface area contributed by atoms with Gasteiger partial charge in [0, 0.05) is 25.1 Å². The Morgan fingerprint density at radius 1 is 1.17 bits per heavy atom. The smallest absolute Gasteiger partial charge is 0.371 e. The van der Waals surface area contributed by atoms with Crippen molar-refractivity contribution >= 4 is 30.1 Å². The molecular formula is C18H16N2O10. The Bertz CT molecular complexity index is 1030. The maximum atomic E-state index is 11.4. The molecule has 1 aromatic heterocycles. The van der Waals surface area contributed by atoms with Crippen LogP contribution < -0.4 is 10.9 Å². The Hall–Kier alpha value is -4.22. The number of aromatic carboxylic acids is 1. The fourth-order valence-corrected chi connectivity index (χ4v) is 2.57. The highest BCUT2D eigenvalue weighted by molar-refractivity contribution is 5.90. The highest BCUT2D eigenvalue weighted by Crippen LogP contribution is 2.16. The summed E-state index contributed by atoms with van der Waals surface area (Å²) in [7, 11) is 0. The molecule has 0 saturated carbocycles. The second-order valence-electron chi connectivity index (χ2n) is 6.15. The number of allylic oxidation sites excluding steroid dienone is 2. The number of carboxylic acid groups (broad SMARTS) is 4. The van der Waals surface area contributed by atoms with Gasteiger partial charge in [0.15, 0.2) is 6.04 Å². The maximum absolute atomic E-state index is 11.4. The first-order chi connectivity index (χ1) is 14.1. The van der Waals surface area contributed by atoms with Gasteiger partial charge in [0.1, 0.15) is 11.7 Å². The van der Waals surface area contributed by atoms with Crippen LogP contribution in [0.5, 0.6) is 0 Å². The molecule has 1 aromatic rings. The topological polar surface area (TPSA) is 204 Å². The molecule has 12 heteroatoms. The van der Waals surface area contributed by atoms with E-state index in [9.17, 15) is 29.1 Å². The minimum Gasteiger partial charge on any atom is -0.480 e. The molecule has 0 saturated heterocycles. The summed E-state index contributed by atoms with van der Waals surface area (Å²) in [5.74, 6) is -6.11. The van der Waals surface area contributed by atoms with E-state index in [2.05, 4.69) is 14.7 Å². The van der Waals surface area contributed by atoms with Crippen LogP contribution in [0.2, 0.25) is 0 Å². The summed E-state index contributed by atoms with van der Waals surface area (Å²) in [6.07, 6.45) is 3.19. The molecule has 0 bridgehead atoms. The third kappa shape index (κ3) is 5.89. The summed E-state index contributed by atoms with van der Waals surface area (Å²) >= 11 is 0. The minimum absolute atomic E-state index is 0.0580. The molecule has 0 radical (unpaired) electrons. The van der Waals surface area contributed by atoms with Gasteiger partial charge in [-0.2, -0.15) is 0 Å². The van der Waals surface area contributed by atoms with Crippen molar-refractivity contribution in [1.82, 2.24) is 5.32 Å². The van der Waals surface area contributed by atoms with Crippen LogP contribution in [-0.2, 0) is 20.8 Å². The van der Waals surface area contributed by atoms with Crippen LogP contribution in [0.4, 0.5) is 0 Å². The van der Waals surface area contributed by atoms with Crippen LogP contribution in [0, 0.1) is 0 Å². The third-order valence-electron chi connectivity index (χ3n) is 3.94. The molecule has 2 heterocycles. The van der Waals surface area contributed by atoms with E-state index in [1.807, 2.05) is 0 Å². The van der Waals surface area contributed by atoms with Gasteiger partial charge in [-0.05, 0) is 29.4 Å². The van der Waals surface area contributed by atoms with Crippen LogP contribution in [0.3, 0.4) is 0 Å². The Balaban J connectivity index is 2.24. The van der Waals surface area contributed by atoms with Gasteiger partial charge in [0.25, 0.3) is 0 Å². The molecule has 2 unspecified atom stereocenters. The zero-order valence-corrected chi connectivity index (χ0v) is 15.1. The first-order valence-electron chi connectivity index (χ1n) is 8.33. The lowest BCUT2D eigenvalue weighted by atomic mass is 10.00. The summed E-state index contributed by atoms with van der Waals surface area (Å²) in [5, 5.41) is 38.7. The lowest BCUT2D eigenvalue weighted by Gasteiger charge is -2.21. The number of aliphatic carboxylic acids is 3. The van der Waals surface area contributed by atoms with Gasteiger partial charge in [-0.3, -0.25) is 4.99 Å². The van der Waals surface area contributed by atoms with E-state index in [1.165, 1.54) is 12.2 Å². The number of aliphatic imine (C=N–C) groups is 1. The largest absolute Gasteiger partial charge is 0.480 e. The lowest BCUT2D eigenvalue weighted by Crippen LogP contribution is -2.41. The first kappa shape index (κ1) is 22.1. The molecule has 2 rings (SSSR count). The molecule has 2 atom stereocenters. The number of carbonyl (C=O) groups is 4. The summed E-state index contributed by atoms with van der Waals surface area (Å²) in [5.41, 5.74) is -0.914. The lowest BCUT2D eigenvalue weighted by molar-refractivity contribution is -0.140. The van der Waals surface area contributed by atoms with Crippen LogP contribution in [0.1, 0.15) is 22.5 Å². The number of nitrogens with one attached hydrogen (secondary N) is 1. The Kier molecular flexibility index (Phi) is 6.86. The van der Waals surface area contributed by atoms with Crippen LogP contribution in [0.15, 0.2) is 49.8 Å². The van der Waals surface area contributed by atoms with Gasteiger partial charge in [0.2, 0.25) is 5.76 Å². The molecule has 1 aliphatic heterocycles. The van der Waals surface area contributed by atoms with Gasteiger partial charge < -0.3 is 30.2 Å². The normalized spacial score (nSPS) is 18.5. The zero-order valence-electron chi connectivity index (χ0n) is 15.1. The fourth-order valence-electron chi connectivity index (χ4n) is 2.57. The van der Waals surface area contributed by atoms with Crippen molar-refractivity contribution in [2.45, 2.75) is 24.9 Å². The first-order valence-corrected chi connectivity index (χ1v) is 8.33. The Morgan fingerprint density at radius 2 is 1.87 bits per heavy atom. The van der Waals surface area contributed by atoms with Crippen molar-refractivity contribution in [3.8, 4) is 0 Å². The molecule has 1 aliphatic rings. The highest BCUT2D eigenvalue weighted by atomic mass is 16.4. The number of nitrogens with zero attached hydrogens (tertiary/aromatic N) is 1. The van der Waals surface area contributed by atoms with E-state index in [0.29, 0.717) is 5.57 Å². The number of hydrogen-bond donors (Lipinski definition) is 5. The predicted molar refractivity (Wildman–Crippen MR) is 98.5 cm³/mol.